The van der Waals surface area contributed by atoms with Crippen molar-refractivity contribution in [2.24, 2.45) is 0 Å². The van der Waals surface area contributed by atoms with Crippen molar-refractivity contribution in [2.75, 3.05) is 19.6 Å². The zero-order valence-electron chi connectivity index (χ0n) is 29.0. The Morgan fingerprint density at radius 2 is 0.415 bits per heavy atom. The van der Waals surface area contributed by atoms with Gasteiger partial charge in [-0.3, -0.25) is 0 Å². The van der Waals surface area contributed by atoms with Crippen LogP contribution in [0.2, 0.25) is 0 Å². The molecule has 0 aromatic heterocycles. The van der Waals surface area contributed by atoms with Crippen molar-refractivity contribution in [3.63, 3.8) is 0 Å². The van der Waals surface area contributed by atoms with Crippen molar-refractivity contribution in [1.82, 2.24) is 4.90 Å². The van der Waals surface area contributed by atoms with Gasteiger partial charge in [-0.2, -0.15) is 0 Å². The molecule has 0 amide bonds. The van der Waals surface area contributed by atoms with E-state index in [1.165, 1.54) is 225 Å². The third-order valence-electron chi connectivity index (χ3n) is 9.10. The van der Waals surface area contributed by atoms with Crippen molar-refractivity contribution in [3.05, 3.63) is 0 Å². The highest BCUT2D eigenvalue weighted by atomic mass is 35.5. The molecule has 0 rings (SSSR count). The van der Waals surface area contributed by atoms with Crippen LogP contribution < -0.4 is 0 Å². The number of hydrogen-bond acceptors (Lipinski definition) is 1. The van der Waals surface area contributed by atoms with Crippen molar-refractivity contribution >= 4 is 24.8 Å². The summed E-state index contributed by atoms with van der Waals surface area (Å²) in [5, 5.41) is 0. The number of rotatable bonds is 35. The first kappa shape index (κ1) is 46.0. The molecule has 41 heavy (non-hydrogen) atoms. The van der Waals surface area contributed by atoms with Crippen LogP contribution in [0.5, 0.6) is 0 Å². The standard InChI is InChI=1S/C38H79N.2ClH/c1-4-7-9-11-13-15-17-19-21-23-25-27-29-31-33-35-37-39(6-3)38-36-34-32-30-28-26-24-22-20-18-16-14-12-10-8-5-2;;/h4-38H2,1-3H3;2*1H. The van der Waals surface area contributed by atoms with Gasteiger partial charge in [-0.15, -0.1) is 24.8 Å². The molecule has 0 aromatic carbocycles. The molecule has 0 unspecified atom stereocenters. The topological polar surface area (TPSA) is 3.24 Å². The van der Waals surface area contributed by atoms with Gasteiger partial charge in [0.25, 0.3) is 0 Å². The summed E-state index contributed by atoms with van der Waals surface area (Å²) in [5.41, 5.74) is 0. The monoisotopic (exact) mass is 622 g/mol. The van der Waals surface area contributed by atoms with Crippen LogP contribution in [0.15, 0.2) is 0 Å². The van der Waals surface area contributed by atoms with E-state index < -0.39 is 0 Å². The molecule has 0 fully saturated rings. The van der Waals surface area contributed by atoms with Crippen LogP contribution in [0.3, 0.4) is 0 Å². The van der Waals surface area contributed by atoms with Crippen molar-refractivity contribution < 1.29 is 0 Å². The van der Waals surface area contributed by atoms with Crippen LogP contribution in [-0.4, -0.2) is 24.5 Å². The Balaban J connectivity index is -0.00000722. The lowest BCUT2D eigenvalue weighted by molar-refractivity contribution is 0.273. The minimum absolute atomic E-state index is 0. The fourth-order valence-corrected chi connectivity index (χ4v) is 6.20. The van der Waals surface area contributed by atoms with Gasteiger partial charge in [0.15, 0.2) is 0 Å². The lowest BCUT2D eigenvalue weighted by Crippen LogP contribution is -2.25. The van der Waals surface area contributed by atoms with E-state index in [4.69, 9.17) is 0 Å². The molecule has 0 heterocycles. The molecule has 0 saturated carbocycles. The normalized spacial score (nSPS) is 11.1. The molecule has 0 aliphatic rings. The largest absolute Gasteiger partial charge is 0.304 e. The van der Waals surface area contributed by atoms with Crippen LogP contribution in [-0.2, 0) is 0 Å². The second-order valence-corrected chi connectivity index (χ2v) is 13.0. The lowest BCUT2D eigenvalue weighted by atomic mass is 10.0. The minimum Gasteiger partial charge on any atom is -0.304 e. The van der Waals surface area contributed by atoms with E-state index >= 15 is 0 Å². The van der Waals surface area contributed by atoms with Gasteiger partial charge in [0.05, 0.1) is 0 Å². The van der Waals surface area contributed by atoms with Crippen LogP contribution in [0.1, 0.15) is 226 Å². The first-order valence-electron chi connectivity index (χ1n) is 19.1. The predicted molar refractivity (Wildman–Crippen MR) is 196 cm³/mol. The lowest BCUT2D eigenvalue weighted by Gasteiger charge is -2.20. The van der Waals surface area contributed by atoms with Crippen molar-refractivity contribution in [3.8, 4) is 0 Å². The number of halogens is 2. The molecule has 0 radical (unpaired) electrons. The zero-order valence-corrected chi connectivity index (χ0v) is 30.6. The highest BCUT2D eigenvalue weighted by Crippen LogP contribution is 2.15. The van der Waals surface area contributed by atoms with E-state index in [1.54, 1.807) is 0 Å². The quantitative estimate of drug-likeness (QED) is 0.0636. The first-order chi connectivity index (χ1) is 19.3. The van der Waals surface area contributed by atoms with Crippen LogP contribution in [0.4, 0.5) is 0 Å². The van der Waals surface area contributed by atoms with Gasteiger partial charge >= 0.3 is 0 Å². The Morgan fingerprint density at radius 3 is 0.585 bits per heavy atom. The molecule has 0 aliphatic heterocycles. The van der Waals surface area contributed by atoms with Gasteiger partial charge < -0.3 is 4.90 Å². The third-order valence-corrected chi connectivity index (χ3v) is 9.10. The van der Waals surface area contributed by atoms with Gasteiger partial charge in [-0.1, -0.05) is 213 Å². The molecule has 1 nitrogen and oxygen atoms in total. The Kier molecular flexibility index (Phi) is 47.8. The summed E-state index contributed by atoms with van der Waals surface area (Å²) < 4.78 is 0. The maximum absolute atomic E-state index is 2.72. The predicted octanol–water partition coefficient (Wildman–Crippen LogP) is 14.7. The summed E-state index contributed by atoms with van der Waals surface area (Å²) in [5.74, 6) is 0. The average Bonchev–Trinajstić information content (AvgIpc) is 2.95. The fourth-order valence-electron chi connectivity index (χ4n) is 6.20. The van der Waals surface area contributed by atoms with E-state index in [9.17, 15) is 0 Å². The van der Waals surface area contributed by atoms with Crippen LogP contribution >= 0.6 is 24.8 Å². The summed E-state index contributed by atoms with van der Waals surface area (Å²) in [7, 11) is 0. The molecule has 0 aliphatic carbocycles. The summed E-state index contributed by atoms with van der Waals surface area (Å²) in [6.45, 7) is 10.9. The number of unbranched alkanes of at least 4 members (excludes halogenated alkanes) is 30. The Bertz CT molecular complexity index is 381. The third kappa shape index (κ3) is 40.5. The van der Waals surface area contributed by atoms with Gasteiger partial charge in [0, 0.05) is 0 Å². The van der Waals surface area contributed by atoms with Gasteiger partial charge in [0.2, 0.25) is 0 Å². The van der Waals surface area contributed by atoms with Crippen LogP contribution in [0, 0.1) is 0 Å². The zero-order chi connectivity index (χ0) is 28.3. The molecule has 252 valence electrons. The van der Waals surface area contributed by atoms with Crippen molar-refractivity contribution in [2.45, 2.75) is 226 Å². The molecule has 0 aromatic rings. The molecule has 3 heteroatoms. The molecule has 0 N–H and O–H groups in total. The summed E-state index contributed by atoms with van der Waals surface area (Å²) in [4.78, 5) is 2.72. The summed E-state index contributed by atoms with van der Waals surface area (Å²) in [6.07, 6.45) is 46.9. The molecular formula is C38H81Cl2N. The molecular weight excluding hydrogens is 541 g/mol. The Labute approximate surface area is 274 Å². The van der Waals surface area contributed by atoms with Gasteiger partial charge in [0.1, 0.15) is 0 Å². The van der Waals surface area contributed by atoms with E-state index in [-0.39, 0.29) is 24.8 Å². The number of nitrogens with zero attached hydrogens (tertiary/aromatic N) is 1. The molecule has 0 atom stereocenters. The van der Waals surface area contributed by atoms with Gasteiger partial charge in [-0.05, 0) is 32.5 Å². The van der Waals surface area contributed by atoms with Crippen molar-refractivity contribution in [1.29, 1.82) is 0 Å². The van der Waals surface area contributed by atoms with Crippen LogP contribution in [0.25, 0.3) is 0 Å². The van der Waals surface area contributed by atoms with E-state index in [0.29, 0.717) is 0 Å². The SMILES string of the molecule is CCCCCCCCCCCCCCCCCCN(CC)CCCCCCCCCCCCCCCCCC.Cl.Cl. The second kappa shape index (κ2) is 42.7. The summed E-state index contributed by atoms with van der Waals surface area (Å²) in [6, 6.07) is 0. The maximum Gasteiger partial charge on any atom is -0.00189 e. The smallest absolute Gasteiger partial charge is 0.00189 e. The average molecular weight is 623 g/mol. The fraction of sp³-hybridized carbons (Fsp3) is 1.00. The van der Waals surface area contributed by atoms with Gasteiger partial charge in [-0.25, -0.2) is 0 Å². The Hall–Kier alpha value is 0.540. The minimum atomic E-state index is 0. The number of hydrogen-bond donors (Lipinski definition) is 0. The first-order valence-corrected chi connectivity index (χ1v) is 19.1. The molecule has 0 bridgehead atoms. The van der Waals surface area contributed by atoms with E-state index in [1.807, 2.05) is 0 Å². The van der Waals surface area contributed by atoms with E-state index in [2.05, 4.69) is 25.7 Å². The highest BCUT2D eigenvalue weighted by Gasteiger charge is 2.02. The summed E-state index contributed by atoms with van der Waals surface area (Å²) >= 11 is 0. The highest BCUT2D eigenvalue weighted by molar-refractivity contribution is 5.85. The molecule has 0 saturated heterocycles. The van der Waals surface area contributed by atoms with E-state index in [0.717, 1.165) is 0 Å². The Morgan fingerprint density at radius 1 is 0.244 bits per heavy atom. The maximum atomic E-state index is 2.72. The molecule has 0 spiro atoms. The second-order valence-electron chi connectivity index (χ2n) is 13.0.